The van der Waals surface area contributed by atoms with Crippen LogP contribution in [0.2, 0.25) is 0 Å². The second-order valence-corrected chi connectivity index (χ2v) is 9.24. The van der Waals surface area contributed by atoms with Crippen molar-refractivity contribution >= 4 is 18.1 Å². The molecule has 3 aliphatic rings. The number of benzene rings is 1. The zero-order valence-corrected chi connectivity index (χ0v) is 17.8. The molecule has 1 aromatic rings. The van der Waals surface area contributed by atoms with Gasteiger partial charge in [0.15, 0.2) is 0 Å². The van der Waals surface area contributed by atoms with Gasteiger partial charge in [-0.25, -0.2) is 0 Å². The number of hydrogen-bond donors (Lipinski definition) is 1. The summed E-state index contributed by atoms with van der Waals surface area (Å²) in [6.07, 6.45) is 8.50. The molecule has 3 nitrogen and oxygen atoms in total. The molecule has 2 aliphatic heterocycles. The van der Waals surface area contributed by atoms with E-state index >= 15 is 0 Å². The molecule has 1 atom stereocenters. The van der Waals surface area contributed by atoms with E-state index in [-0.39, 0.29) is 24.0 Å². The van der Waals surface area contributed by atoms with Gasteiger partial charge in [-0.1, -0.05) is 32.0 Å². The van der Waals surface area contributed by atoms with E-state index in [1.54, 1.807) is 0 Å². The fraction of sp³-hybridized carbons (Fsp3) is 0.739. The molecule has 4 rings (SSSR count). The Kier molecular flexibility index (Phi) is 6.76. The van der Waals surface area contributed by atoms with Crippen LogP contribution in [0.3, 0.4) is 0 Å². The minimum Gasteiger partial charge on any atom is -0.391 e. The normalized spacial score (nSPS) is 31.3. The summed E-state index contributed by atoms with van der Waals surface area (Å²) in [7, 11) is 0. The molecule has 1 N–H and O–H groups in total. The number of aliphatic hydroxyl groups excluding tert-OH is 1. The number of likely N-dealkylation sites (tertiary alicyclic amines) is 1. The van der Waals surface area contributed by atoms with Crippen LogP contribution >= 0.6 is 12.4 Å². The minimum absolute atomic E-state index is 0. The molecule has 2 heterocycles. The van der Waals surface area contributed by atoms with Crippen molar-refractivity contribution < 1.29 is 5.11 Å². The van der Waals surface area contributed by atoms with Crippen LogP contribution in [0.25, 0.3) is 0 Å². The predicted molar refractivity (Wildman–Crippen MR) is 116 cm³/mol. The van der Waals surface area contributed by atoms with Crippen LogP contribution in [0.5, 0.6) is 0 Å². The summed E-state index contributed by atoms with van der Waals surface area (Å²) < 4.78 is 0. The second kappa shape index (κ2) is 8.71. The minimum atomic E-state index is -0.179. The SMILES string of the molecule is CC(C)[C@H]1CC[C@@H](N2CCC3(CC2)[C@H](O)CCN3c2ccccc2)CC1.Cl. The van der Waals surface area contributed by atoms with Crippen molar-refractivity contribution in [2.75, 3.05) is 24.5 Å². The van der Waals surface area contributed by atoms with Crippen molar-refractivity contribution in [1.82, 2.24) is 4.90 Å². The van der Waals surface area contributed by atoms with Crippen LogP contribution in [0, 0.1) is 11.8 Å². The Bertz CT molecular complexity index is 577. The molecular formula is C23H37ClN2O. The first-order chi connectivity index (χ1) is 12.6. The molecule has 1 spiro atoms. The standard InChI is InChI=1S/C23H36N2O.ClH/c1-18(2)19-8-10-20(11-9-19)24-16-13-23(14-17-24)22(26)12-15-25(23)21-6-4-3-5-7-21;/h3-7,18-20,22,26H,8-17H2,1-2H3;1H/t19-,20+,22-;/m1./s1. The van der Waals surface area contributed by atoms with E-state index < -0.39 is 0 Å². The molecule has 0 bridgehead atoms. The maximum Gasteiger partial charge on any atom is 0.0789 e. The van der Waals surface area contributed by atoms with Gasteiger partial charge in [0.25, 0.3) is 0 Å². The van der Waals surface area contributed by atoms with Gasteiger partial charge in [-0.15, -0.1) is 12.4 Å². The number of anilines is 1. The molecule has 4 heteroatoms. The molecule has 0 aromatic heterocycles. The third-order valence-electron chi connectivity index (χ3n) is 7.72. The quantitative estimate of drug-likeness (QED) is 0.805. The van der Waals surface area contributed by atoms with Crippen LogP contribution in [0.1, 0.15) is 58.8 Å². The maximum atomic E-state index is 10.9. The zero-order chi connectivity index (χ0) is 18.1. The van der Waals surface area contributed by atoms with Crippen molar-refractivity contribution in [3.05, 3.63) is 30.3 Å². The molecule has 1 aliphatic carbocycles. The fourth-order valence-electron chi connectivity index (χ4n) is 5.93. The lowest BCUT2D eigenvalue weighted by molar-refractivity contribution is 0.0290. The van der Waals surface area contributed by atoms with E-state index in [4.69, 9.17) is 0 Å². The van der Waals surface area contributed by atoms with Gasteiger partial charge < -0.3 is 14.9 Å². The first-order valence-electron chi connectivity index (χ1n) is 10.8. The topological polar surface area (TPSA) is 26.7 Å². The van der Waals surface area contributed by atoms with Gasteiger partial charge in [-0.05, 0) is 68.9 Å². The van der Waals surface area contributed by atoms with E-state index in [2.05, 4.69) is 54.0 Å². The van der Waals surface area contributed by atoms with Crippen molar-refractivity contribution in [3.63, 3.8) is 0 Å². The Morgan fingerprint density at radius 3 is 2.15 bits per heavy atom. The lowest BCUT2D eigenvalue weighted by Crippen LogP contribution is -2.59. The van der Waals surface area contributed by atoms with E-state index in [1.165, 1.54) is 31.4 Å². The van der Waals surface area contributed by atoms with E-state index in [1.807, 2.05) is 0 Å². The van der Waals surface area contributed by atoms with E-state index in [0.29, 0.717) is 0 Å². The first kappa shape index (κ1) is 21.0. The van der Waals surface area contributed by atoms with E-state index in [9.17, 15) is 5.11 Å². The highest BCUT2D eigenvalue weighted by Gasteiger charge is 2.50. The molecule has 0 radical (unpaired) electrons. The molecule has 0 unspecified atom stereocenters. The van der Waals surface area contributed by atoms with Gasteiger partial charge in [0.05, 0.1) is 11.6 Å². The number of hydrogen-bond acceptors (Lipinski definition) is 3. The molecule has 3 fully saturated rings. The van der Waals surface area contributed by atoms with Gasteiger partial charge >= 0.3 is 0 Å². The Balaban J connectivity index is 0.00000210. The average Bonchev–Trinajstić information content (AvgIpc) is 2.99. The Morgan fingerprint density at radius 1 is 0.926 bits per heavy atom. The van der Waals surface area contributed by atoms with E-state index in [0.717, 1.165) is 56.8 Å². The molecule has 2 saturated heterocycles. The van der Waals surface area contributed by atoms with Crippen LogP contribution in [-0.2, 0) is 0 Å². The third kappa shape index (κ3) is 4.02. The van der Waals surface area contributed by atoms with Crippen molar-refractivity contribution in [1.29, 1.82) is 0 Å². The summed E-state index contributed by atoms with van der Waals surface area (Å²) in [4.78, 5) is 5.26. The highest BCUT2D eigenvalue weighted by molar-refractivity contribution is 5.85. The molecular weight excluding hydrogens is 356 g/mol. The third-order valence-corrected chi connectivity index (χ3v) is 7.72. The highest BCUT2D eigenvalue weighted by Crippen LogP contribution is 2.43. The summed E-state index contributed by atoms with van der Waals surface area (Å²) in [6.45, 7) is 8.06. The number of piperidine rings is 1. The van der Waals surface area contributed by atoms with Gasteiger partial charge in [0.1, 0.15) is 0 Å². The molecule has 27 heavy (non-hydrogen) atoms. The predicted octanol–water partition coefficient (Wildman–Crippen LogP) is 4.73. The summed E-state index contributed by atoms with van der Waals surface area (Å²) in [5, 5.41) is 10.9. The number of halogens is 1. The monoisotopic (exact) mass is 392 g/mol. The number of para-hydroxylation sites is 1. The molecule has 1 saturated carbocycles. The number of nitrogens with zero attached hydrogens (tertiary/aromatic N) is 2. The second-order valence-electron chi connectivity index (χ2n) is 9.24. The van der Waals surface area contributed by atoms with Crippen LogP contribution < -0.4 is 4.90 Å². The number of rotatable bonds is 3. The van der Waals surface area contributed by atoms with Crippen molar-refractivity contribution in [2.24, 2.45) is 11.8 Å². The Morgan fingerprint density at radius 2 is 1.56 bits per heavy atom. The molecule has 0 amide bonds. The summed E-state index contributed by atoms with van der Waals surface area (Å²) in [6, 6.07) is 11.5. The van der Waals surface area contributed by atoms with Crippen LogP contribution in [0.15, 0.2) is 30.3 Å². The zero-order valence-electron chi connectivity index (χ0n) is 17.0. The molecule has 1 aromatic carbocycles. The summed E-state index contributed by atoms with van der Waals surface area (Å²) in [5.74, 6) is 1.78. The lowest BCUT2D eigenvalue weighted by atomic mass is 9.77. The maximum absolute atomic E-state index is 10.9. The van der Waals surface area contributed by atoms with Gasteiger partial charge in [0, 0.05) is 31.4 Å². The lowest BCUT2D eigenvalue weighted by Gasteiger charge is -2.50. The van der Waals surface area contributed by atoms with Crippen LogP contribution in [-0.4, -0.2) is 47.3 Å². The number of aliphatic hydroxyl groups is 1. The van der Waals surface area contributed by atoms with Crippen molar-refractivity contribution in [3.8, 4) is 0 Å². The Hall–Kier alpha value is -0.770. The van der Waals surface area contributed by atoms with Crippen LogP contribution in [0.4, 0.5) is 5.69 Å². The van der Waals surface area contributed by atoms with Gasteiger partial charge in [0.2, 0.25) is 0 Å². The van der Waals surface area contributed by atoms with Gasteiger partial charge in [-0.3, -0.25) is 0 Å². The van der Waals surface area contributed by atoms with Crippen molar-refractivity contribution in [2.45, 2.75) is 76.5 Å². The largest absolute Gasteiger partial charge is 0.391 e. The fourth-order valence-corrected chi connectivity index (χ4v) is 5.93. The summed E-state index contributed by atoms with van der Waals surface area (Å²) in [5.41, 5.74) is 1.25. The first-order valence-corrected chi connectivity index (χ1v) is 10.8. The Labute approximate surface area is 171 Å². The highest BCUT2D eigenvalue weighted by atomic mass is 35.5. The summed E-state index contributed by atoms with van der Waals surface area (Å²) >= 11 is 0. The molecule has 152 valence electrons. The average molecular weight is 393 g/mol. The smallest absolute Gasteiger partial charge is 0.0789 e. The van der Waals surface area contributed by atoms with Gasteiger partial charge in [-0.2, -0.15) is 0 Å².